The topological polar surface area (TPSA) is 61.9 Å². The van der Waals surface area contributed by atoms with Crippen LogP contribution in [0, 0.1) is 13.8 Å². The van der Waals surface area contributed by atoms with E-state index in [1.807, 2.05) is 23.0 Å². The van der Waals surface area contributed by atoms with E-state index in [1.165, 1.54) is 11.1 Å². The van der Waals surface area contributed by atoms with Gasteiger partial charge in [-0.25, -0.2) is 9.67 Å². The number of ether oxygens (including phenoxy) is 1. The largest absolute Gasteiger partial charge is 0.376 e. The van der Waals surface area contributed by atoms with Crippen molar-refractivity contribution < 1.29 is 4.74 Å². The highest BCUT2D eigenvalue weighted by Crippen LogP contribution is 2.24. The Labute approximate surface area is 181 Å². The fraction of sp³-hybridized carbons (Fsp3) is 0.320. The van der Waals surface area contributed by atoms with Crippen molar-refractivity contribution in [2.75, 3.05) is 6.61 Å². The predicted octanol–water partition coefficient (Wildman–Crippen LogP) is 3.97. The zero-order valence-electron chi connectivity index (χ0n) is 17.9. The van der Waals surface area contributed by atoms with E-state index in [-0.39, 0.29) is 11.7 Å². The summed E-state index contributed by atoms with van der Waals surface area (Å²) in [4.78, 5) is 17.8. The lowest BCUT2D eigenvalue weighted by molar-refractivity contribution is 0.0960. The summed E-state index contributed by atoms with van der Waals surface area (Å²) < 4.78 is 9.26. The normalized spacial score (nSPS) is 16.3. The predicted molar refractivity (Wildman–Crippen MR) is 121 cm³/mol. The second-order valence-electron chi connectivity index (χ2n) is 8.31. The third-order valence-electron chi connectivity index (χ3n) is 6.31. The fourth-order valence-electron chi connectivity index (χ4n) is 4.36. The summed E-state index contributed by atoms with van der Waals surface area (Å²) >= 11 is 0. The summed E-state index contributed by atoms with van der Waals surface area (Å²) in [6.45, 7) is 5.52. The Morgan fingerprint density at radius 3 is 2.71 bits per heavy atom. The molecule has 5 rings (SSSR count). The number of aryl methyl sites for hydroxylation is 1. The highest BCUT2D eigenvalue weighted by molar-refractivity contribution is 5.83. The molecule has 0 amide bonds. The number of aromatic nitrogens is 4. The van der Waals surface area contributed by atoms with Gasteiger partial charge in [-0.15, -0.1) is 0 Å². The van der Waals surface area contributed by atoms with Gasteiger partial charge in [0.05, 0.1) is 35.6 Å². The lowest BCUT2D eigenvalue weighted by Gasteiger charge is -2.15. The fourth-order valence-corrected chi connectivity index (χ4v) is 4.36. The monoisotopic (exact) mass is 414 g/mol. The molecule has 31 heavy (non-hydrogen) atoms. The first-order chi connectivity index (χ1) is 15.1. The van der Waals surface area contributed by atoms with Gasteiger partial charge in [-0.2, -0.15) is 5.10 Å². The minimum Gasteiger partial charge on any atom is -0.376 e. The van der Waals surface area contributed by atoms with Crippen LogP contribution in [0.3, 0.4) is 0 Å². The van der Waals surface area contributed by atoms with Crippen molar-refractivity contribution in [2.24, 2.45) is 0 Å². The Bertz CT molecular complexity index is 1270. The zero-order chi connectivity index (χ0) is 21.4. The Kier molecular flexibility index (Phi) is 5.16. The number of fused-ring (bicyclic) bond motifs is 1. The molecule has 1 fully saturated rings. The molecule has 4 aromatic rings. The van der Waals surface area contributed by atoms with Crippen LogP contribution in [0.15, 0.2) is 59.9 Å². The molecule has 1 aliphatic rings. The van der Waals surface area contributed by atoms with Crippen LogP contribution in [0.25, 0.3) is 16.6 Å². The van der Waals surface area contributed by atoms with Crippen LogP contribution in [-0.4, -0.2) is 32.0 Å². The molecule has 1 unspecified atom stereocenters. The number of hydrogen-bond donors (Lipinski definition) is 0. The molecule has 0 spiro atoms. The van der Waals surface area contributed by atoms with Crippen LogP contribution in [-0.2, 0) is 17.7 Å². The standard InChI is InChI=1S/C25H26N4O2/c1-17-18(2)24-23(25(30)28(16-26-24)15-22-5-3-12-31-22)14-20(17)13-19-6-8-21(9-7-19)29-11-4-10-27-29/h4,6-11,14,16,22H,3,5,12-13,15H2,1-2H3. The molecule has 1 aliphatic heterocycles. The molecule has 0 bridgehead atoms. The van der Waals surface area contributed by atoms with Crippen molar-refractivity contribution in [1.29, 1.82) is 0 Å². The Morgan fingerprint density at radius 2 is 2.00 bits per heavy atom. The summed E-state index contributed by atoms with van der Waals surface area (Å²) in [6, 6.07) is 12.3. The molecule has 6 nitrogen and oxygen atoms in total. The van der Waals surface area contributed by atoms with Gasteiger partial charge in [-0.05, 0) is 79.6 Å². The van der Waals surface area contributed by atoms with Crippen LogP contribution in [0.4, 0.5) is 0 Å². The highest BCUT2D eigenvalue weighted by Gasteiger charge is 2.18. The van der Waals surface area contributed by atoms with Crippen LogP contribution < -0.4 is 5.56 Å². The van der Waals surface area contributed by atoms with Gasteiger partial charge in [0.2, 0.25) is 0 Å². The molecule has 6 heteroatoms. The first-order valence-corrected chi connectivity index (χ1v) is 10.8. The second-order valence-corrected chi connectivity index (χ2v) is 8.31. The summed E-state index contributed by atoms with van der Waals surface area (Å²) in [6.07, 6.45) is 8.31. The summed E-state index contributed by atoms with van der Waals surface area (Å²) in [7, 11) is 0. The first-order valence-electron chi connectivity index (χ1n) is 10.8. The maximum absolute atomic E-state index is 13.2. The first kappa shape index (κ1) is 19.7. The third-order valence-corrected chi connectivity index (χ3v) is 6.31. The van der Waals surface area contributed by atoms with Crippen molar-refractivity contribution in [3.63, 3.8) is 0 Å². The molecule has 0 aliphatic carbocycles. The van der Waals surface area contributed by atoms with E-state index >= 15 is 0 Å². The molecular formula is C25H26N4O2. The van der Waals surface area contributed by atoms with Crippen LogP contribution in [0.1, 0.15) is 35.1 Å². The summed E-state index contributed by atoms with van der Waals surface area (Å²) in [5.74, 6) is 0. The maximum atomic E-state index is 13.2. The number of hydrogen-bond acceptors (Lipinski definition) is 4. The van der Waals surface area contributed by atoms with Crippen molar-refractivity contribution in [3.05, 3.63) is 87.7 Å². The maximum Gasteiger partial charge on any atom is 0.261 e. The Balaban J connectivity index is 1.48. The molecular weight excluding hydrogens is 388 g/mol. The van der Waals surface area contributed by atoms with Gasteiger partial charge in [0, 0.05) is 19.0 Å². The van der Waals surface area contributed by atoms with Gasteiger partial charge in [0.15, 0.2) is 0 Å². The molecule has 3 heterocycles. The average molecular weight is 415 g/mol. The molecule has 2 aromatic carbocycles. The highest BCUT2D eigenvalue weighted by atomic mass is 16.5. The Hall–Kier alpha value is -3.25. The van der Waals surface area contributed by atoms with E-state index in [9.17, 15) is 4.79 Å². The zero-order valence-corrected chi connectivity index (χ0v) is 17.9. The Morgan fingerprint density at radius 1 is 1.16 bits per heavy atom. The van der Waals surface area contributed by atoms with Crippen molar-refractivity contribution in [3.8, 4) is 5.69 Å². The molecule has 0 N–H and O–H groups in total. The average Bonchev–Trinajstić information content (AvgIpc) is 3.49. The van der Waals surface area contributed by atoms with E-state index in [0.29, 0.717) is 11.9 Å². The molecule has 0 saturated carbocycles. The minimum absolute atomic E-state index is 0.0129. The van der Waals surface area contributed by atoms with Gasteiger partial charge in [0.1, 0.15) is 0 Å². The number of nitrogens with zero attached hydrogens (tertiary/aromatic N) is 4. The molecule has 1 saturated heterocycles. The van der Waals surface area contributed by atoms with Crippen LogP contribution in [0.2, 0.25) is 0 Å². The van der Waals surface area contributed by atoms with Gasteiger partial charge in [-0.3, -0.25) is 9.36 Å². The third kappa shape index (κ3) is 3.79. The molecule has 0 radical (unpaired) electrons. The molecule has 1 atom stereocenters. The van der Waals surface area contributed by atoms with Gasteiger partial charge >= 0.3 is 0 Å². The van der Waals surface area contributed by atoms with Gasteiger partial charge in [0.25, 0.3) is 5.56 Å². The second kappa shape index (κ2) is 8.12. The lowest BCUT2D eigenvalue weighted by Crippen LogP contribution is -2.27. The van der Waals surface area contributed by atoms with Crippen molar-refractivity contribution in [1.82, 2.24) is 19.3 Å². The van der Waals surface area contributed by atoms with E-state index < -0.39 is 0 Å². The minimum atomic E-state index is 0.0129. The number of benzene rings is 2. The van der Waals surface area contributed by atoms with E-state index in [2.05, 4.69) is 48.2 Å². The van der Waals surface area contributed by atoms with E-state index in [4.69, 9.17) is 4.74 Å². The van der Waals surface area contributed by atoms with Crippen molar-refractivity contribution in [2.45, 2.75) is 45.8 Å². The van der Waals surface area contributed by atoms with Crippen LogP contribution in [0.5, 0.6) is 0 Å². The smallest absolute Gasteiger partial charge is 0.261 e. The SMILES string of the molecule is Cc1c(Cc2ccc(-n3cccn3)cc2)cc2c(=O)n(CC3CCCO3)cnc2c1C. The van der Waals surface area contributed by atoms with Gasteiger partial charge < -0.3 is 4.74 Å². The molecule has 158 valence electrons. The van der Waals surface area contributed by atoms with Crippen LogP contribution >= 0.6 is 0 Å². The molecule has 2 aromatic heterocycles. The van der Waals surface area contributed by atoms with E-state index in [0.717, 1.165) is 48.2 Å². The van der Waals surface area contributed by atoms with Gasteiger partial charge in [-0.1, -0.05) is 12.1 Å². The quantitative estimate of drug-likeness (QED) is 0.496. The van der Waals surface area contributed by atoms with Crippen molar-refractivity contribution >= 4 is 10.9 Å². The van der Waals surface area contributed by atoms with E-state index in [1.54, 1.807) is 17.1 Å². The summed E-state index contributed by atoms with van der Waals surface area (Å²) in [5, 5.41) is 4.97. The number of rotatable bonds is 5. The summed E-state index contributed by atoms with van der Waals surface area (Å²) in [5.41, 5.74) is 6.45. The lowest BCUT2D eigenvalue weighted by atomic mass is 9.94.